The highest BCUT2D eigenvalue weighted by Crippen LogP contribution is 2.37. The van der Waals surface area contributed by atoms with Gasteiger partial charge in [-0.1, -0.05) is 85.3 Å². The number of hydrogen-bond acceptors (Lipinski definition) is 2. The molecule has 0 bridgehead atoms. The van der Waals surface area contributed by atoms with E-state index in [0.717, 1.165) is 37.1 Å². The van der Waals surface area contributed by atoms with Crippen molar-refractivity contribution in [3.05, 3.63) is 102 Å². The minimum atomic E-state index is -0.206. The number of amides is 1. The molecule has 1 heterocycles. The molecule has 1 amide bonds. The average Bonchev–Trinajstić information content (AvgIpc) is 3.00. The molecule has 0 aliphatic carbocycles. The number of carbonyl (C=O) groups excluding carboxylic acids is 2. The van der Waals surface area contributed by atoms with Crippen molar-refractivity contribution in [1.82, 2.24) is 0 Å². The van der Waals surface area contributed by atoms with Crippen molar-refractivity contribution < 1.29 is 9.59 Å². The van der Waals surface area contributed by atoms with E-state index in [1.807, 2.05) is 95.9 Å². The van der Waals surface area contributed by atoms with Crippen LogP contribution in [0.5, 0.6) is 0 Å². The maximum absolute atomic E-state index is 13.7. The van der Waals surface area contributed by atoms with E-state index in [0.29, 0.717) is 12.0 Å². The van der Waals surface area contributed by atoms with Gasteiger partial charge in [0.05, 0.1) is 0 Å². The Hall–Kier alpha value is -3.20. The Labute approximate surface area is 178 Å². The Balaban J connectivity index is 1.66. The van der Waals surface area contributed by atoms with Crippen molar-refractivity contribution in [1.29, 1.82) is 0 Å². The summed E-state index contributed by atoms with van der Waals surface area (Å²) in [6.45, 7) is 0.730. The number of anilines is 1. The number of Topliss-reactive ketones (excluding diaryl/α,β-unsaturated/α-hetero) is 1. The molecule has 0 unspecified atom stereocenters. The summed E-state index contributed by atoms with van der Waals surface area (Å²) in [7, 11) is 0. The van der Waals surface area contributed by atoms with Gasteiger partial charge in [0.1, 0.15) is 0 Å². The molecule has 1 fully saturated rings. The maximum Gasteiger partial charge on any atom is 0.230 e. The zero-order valence-electron chi connectivity index (χ0n) is 17.1. The van der Waals surface area contributed by atoms with E-state index in [1.54, 1.807) is 0 Å². The third kappa shape index (κ3) is 4.51. The predicted molar refractivity (Wildman–Crippen MR) is 121 cm³/mol. The number of ketones is 1. The van der Waals surface area contributed by atoms with Crippen molar-refractivity contribution in [3.63, 3.8) is 0 Å². The molecular formula is C27H27NO2. The second-order valence-electron chi connectivity index (χ2n) is 7.94. The van der Waals surface area contributed by atoms with Crippen LogP contribution in [0.2, 0.25) is 0 Å². The highest BCUT2D eigenvalue weighted by molar-refractivity contribution is 5.99. The summed E-state index contributed by atoms with van der Waals surface area (Å²) in [5, 5.41) is 0. The summed E-state index contributed by atoms with van der Waals surface area (Å²) in [4.78, 5) is 28.7. The average molecular weight is 398 g/mol. The van der Waals surface area contributed by atoms with Crippen LogP contribution in [0.1, 0.15) is 47.5 Å². The normalized spacial score (nSPS) is 17.9. The van der Waals surface area contributed by atoms with Gasteiger partial charge in [0.25, 0.3) is 0 Å². The lowest BCUT2D eigenvalue weighted by Gasteiger charge is -2.30. The molecule has 2 atom stereocenters. The van der Waals surface area contributed by atoms with Crippen molar-refractivity contribution in [2.75, 3.05) is 11.4 Å². The van der Waals surface area contributed by atoms with E-state index in [1.165, 1.54) is 0 Å². The van der Waals surface area contributed by atoms with Gasteiger partial charge in [0, 0.05) is 36.1 Å². The van der Waals surface area contributed by atoms with Crippen molar-refractivity contribution in [2.45, 2.75) is 31.6 Å². The van der Waals surface area contributed by atoms with Gasteiger partial charge in [-0.05, 0) is 30.5 Å². The summed E-state index contributed by atoms with van der Waals surface area (Å²) < 4.78 is 0. The Bertz CT molecular complexity index is 970. The first-order valence-corrected chi connectivity index (χ1v) is 10.7. The fourth-order valence-electron chi connectivity index (χ4n) is 4.44. The van der Waals surface area contributed by atoms with E-state index >= 15 is 0 Å². The maximum atomic E-state index is 13.7. The first-order chi connectivity index (χ1) is 14.7. The molecule has 0 saturated carbocycles. The van der Waals surface area contributed by atoms with Crippen molar-refractivity contribution >= 4 is 17.4 Å². The number of nitrogens with zero attached hydrogens (tertiary/aromatic N) is 1. The zero-order chi connectivity index (χ0) is 20.8. The Morgan fingerprint density at radius 3 is 2.10 bits per heavy atom. The van der Waals surface area contributed by atoms with E-state index in [-0.39, 0.29) is 23.5 Å². The van der Waals surface area contributed by atoms with Crippen LogP contribution in [0.3, 0.4) is 0 Å². The molecular weight excluding hydrogens is 370 g/mol. The lowest BCUT2D eigenvalue weighted by molar-refractivity contribution is -0.122. The highest BCUT2D eigenvalue weighted by Gasteiger charge is 2.35. The molecule has 4 rings (SSSR count). The van der Waals surface area contributed by atoms with Crippen LogP contribution < -0.4 is 4.90 Å². The van der Waals surface area contributed by atoms with Gasteiger partial charge < -0.3 is 4.90 Å². The largest absolute Gasteiger partial charge is 0.312 e. The number of hydrogen-bond donors (Lipinski definition) is 0. The lowest BCUT2D eigenvalue weighted by atomic mass is 9.78. The van der Waals surface area contributed by atoms with Crippen LogP contribution >= 0.6 is 0 Å². The zero-order valence-corrected chi connectivity index (χ0v) is 17.1. The standard InChI is InChI=1S/C27H27NO2/c29-26(22-14-6-2-7-15-22)20-25(21-12-4-1-5-13-21)24-18-10-11-19-28(27(24)30)23-16-8-3-9-17-23/h1-9,12-17,24-25H,10-11,18-20H2/t24-,25+/m1/s1. The molecule has 30 heavy (non-hydrogen) atoms. The number of benzene rings is 3. The summed E-state index contributed by atoms with van der Waals surface area (Å²) in [6, 6.07) is 29.4. The van der Waals surface area contributed by atoms with Crippen molar-refractivity contribution in [2.24, 2.45) is 5.92 Å². The molecule has 1 saturated heterocycles. The summed E-state index contributed by atoms with van der Waals surface area (Å²) in [5.41, 5.74) is 2.71. The van der Waals surface area contributed by atoms with Crippen LogP contribution in [-0.2, 0) is 4.79 Å². The minimum Gasteiger partial charge on any atom is -0.312 e. The third-order valence-electron chi connectivity index (χ3n) is 6.01. The fraction of sp³-hybridized carbons (Fsp3) is 0.259. The van der Waals surface area contributed by atoms with Crippen LogP contribution in [0, 0.1) is 5.92 Å². The Morgan fingerprint density at radius 2 is 1.43 bits per heavy atom. The molecule has 1 aliphatic rings. The molecule has 0 radical (unpaired) electrons. The third-order valence-corrected chi connectivity index (χ3v) is 6.01. The van der Waals surface area contributed by atoms with Gasteiger partial charge in [-0.2, -0.15) is 0 Å². The number of para-hydroxylation sites is 1. The highest BCUT2D eigenvalue weighted by atomic mass is 16.2. The number of rotatable bonds is 6. The first-order valence-electron chi connectivity index (χ1n) is 10.7. The molecule has 3 heteroatoms. The topological polar surface area (TPSA) is 37.4 Å². The van der Waals surface area contributed by atoms with Gasteiger partial charge in [-0.3, -0.25) is 9.59 Å². The monoisotopic (exact) mass is 397 g/mol. The summed E-state index contributed by atoms with van der Waals surface area (Å²) in [6.07, 6.45) is 3.12. The molecule has 0 spiro atoms. The van der Waals surface area contributed by atoms with Gasteiger partial charge in [-0.15, -0.1) is 0 Å². The molecule has 3 aromatic rings. The molecule has 0 aromatic heterocycles. The Kier molecular flexibility index (Phi) is 6.38. The molecule has 1 aliphatic heterocycles. The van der Waals surface area contributed by atoms with Gasteiger partial charge in [0.2, 0.25) is 5.91 Å². The number of carbonyl (C=O) groups is 2. The minimum absolute atomic E-state index is 0.0905. The van der Waals surface area contributed by atoms with Crippen LogP contribution in [0.15, 0.2) is 91.0 Å². The Morgan fingerprint density at radius 1 is 0.833 bits per heavy atom. The van der Waals surface area contributed by atoms with Gasteiger partial charge in [0.15, 0.2) is 5.78 Å². The lowest BCUT2D eigenvalue weighted by Crippen LogP contribution is -2.38. The van der Waals surface area contributed by atoms with Gasteiger partial charge in [-0.25, -0.2) is 0 Å². The fourth-order valence-corrected chi connectivity index (χ4v) is 4.44. The smallest absolute Gasteiger partial charge is 0.230 e. The first kappa shape index (κ1) is 20.1. The SMILES string of the molecule is O=C(C[C@@H](c1ccccc1)[C@H]1CCCCN(c2ccccc2)C1=O)c1ccccc1. The molecule has 3 aromatic carbocycles. The van der Waals surface area contributed by atoms with Crippen molar-refractivity contribution in [3.8, 4) is 0 Å². The molecule has 152 valence electrons. The van der Waals surface area contributed by atoms with E-state index in [9.17, 15) is 9.59 Å². The van der Waals surface area contributed by atoms with E-state index in [4.69, 9.17) is 0 Å². The molecule has 0 N–H and O–H groups in total. The second-order valence-corrected chi connectivity index (χ2v) is 7.94. The molecule has 3 nitrogen and oxygen atoms in total. The predicted octanol–water partition coefficient (Wildman–Crippen LogP) is 5.88. The van der Waals surface area contributed by atoms with Gasteiger partial charge >= 0.3 is 0 Å². The van der Waals surface area contributed by atoms with Crippen LogP contribution in [0.25, 0.3) is 0 Å². The van der Waals surface area contributed by atoms with Crippen LogP contribution in [0.4, 0.5) is 5.69 Å². The summed E-state index contributed by atoms with van der Waals surface area (Å²) in [5.74, 6) is -0.111. The summed E-state index contributed by atoms with van der Waals surface area (Å²) >= 11 is 0. The second kappa shape index (κ2) is 9.53. The van der Waals surface area contributed by atoms with E-state index < -0.39 is 0 Å². The van der Waals surface area contributed by atoms with E-state index in [2.05, 4.69) is 0 Å². The van der Waals surface area contributed by atoms with Crippen LogP contribution in [-0.4, -0.2) is 18.2 Å². The quantitative estimate of drug-likeness (QED) is 0.487.